The molecular formula is C20H21N5O3S. The van der Waals surface area contributed by atoms with Gasteiger partial charge in [-0.25, -0.2) is 0 Å². The highest BCUT2D eigenvalue weighted by Crippen LogP contribution is 2.20. The molecule has 1 aromatic heterocycles. The summed E-state index contributed by atoms with van der Waals surface area (Å²) >= 11 is 1.30. The van der Waals surface area contributed by atoms with Crippen molar-refractivity contribution in [3.05, 3.63) is 76.1 Å². The average molecular weight is 411 g/mol. The fraction of sp³-hybridized carbons (Fsp3) is 0.250. The first-order valence-corrected chi connectivity index (χ1v) is 10.2. The van der Waals surface area contributed by atoms with Gasteiger partial charge in [-0.05, 0) is 25.0 Å². The number of nitrogens with one attached hydrogen (secondary N) is 1. The van der Waals surface area contributed by atoms with Crippen molar-refractivity contribution in [1.29, 1.82) is 0 Å². The molecule has 0 unspecified atom stereocenters. The minimum Gasteiger partial charge on any atom is -0.325 e. The van der Waals surface area contributed by atoms with Crippen molar-refractivity contribution in [2.45, 2.75) is 31.5 Å². The lowest BCUT2D eigenvalue weighted by Crippen LogP contribution is -2.15. The normalized spacial score (nSPS) is 10.7. The molecule has 0 bridgehead atoms. The number of non-ortho nitro benzene ring substituents is 1. The van der Waals surface area contributed by atoms with Crippen molar-refractivity contribution < 1.29 is 9.72 Å². The number of anilines is 1. The molecular weight excluding hydrogens is 390 g/mol. The van der Waals surface area contributed by atoms with Crippen LogP contribution in [0, 0.1) is 10.1 Å². The molecule has 0 saturated carbocycles. The standard InChI is InChI=1S/C20H21N5O3S/c1-2-24-18(12-11-15-7-4-3-5-8-15)22-23-20(24)29-14-19(26)21-16-9-6-10-17(13-16)25(27)28/h3-10,13H,2,11-12,14H2,1H3,(H,21,26). The third-order valence-corrected chi connectivity index (χ3v) is 5.23. The lowest BCUT2D eigenvalue weighted by atomic mass is 10.1. The minimum atomic E-state index is -0.495. The number of rotatable bonds is 9. The van der Waals surface area contributed by atoms with E-state index in [-0.39, 0.29) is 17.3 Å². The van der Waals surface area contributed by atoms with Gasteiger partial charge >= 0.3 is 0 Å². The number of hydrogen-bond acceptors (Lipinski definition) is 6. The maximum absolute atomic E-state index is 12.2. The van der Waals surface area contributed by atoms with Crippen molar-refractivity contribution in [3.63, 3.8) is 0 Å². The molecule has 0 saturated heterocycles. The van der Waals surface area contributed by atoms with Gasteiger partial charge in [0.15, 0.2) is 5.16 Å². The largest absolute Gasteiger partial charge is 0.325 e. The highest BCUT2D eigenvalue weighted by Gasteiger charge is 2.14. The Hall–Kier alpha value is -3.20. The maximum atomic E-state index is 12.2. The van der Waals surface area contributed by atoms with Crippen LogP contribution in [0.4, 0.5) is 11.4 Å². The molecule has 1 amide bonds. The molecule has 9 heteroatoms. The Labute approximate surface area is 172 Å². The number of nitro groups is 1. The summed E-state index contributed by atoms with van der Waals surface area (Å²) in [5.74, 6) is 0.768. The van der Waals surface area contributed by atoms with Gasteiger partial charge in [0.1, 0.15) is 5.82 Å². The van der Waals surface area contributed by atoms with Crippen LogP contribution in [0.2, 0.25) is 0 Å². The summed E-state index contributed by atoms with van der Waals surface area (Å²) in [5, 5.41) is 22.7. The number of nitro benzene ring substituents is 1. The molecule has 0 aliphatic carbocycles. The van der Waals surface area contributed by atoms with Gasteiger partial charge < -0.3 is 9.88 Å². The Morgan fingerprint density at radius 2 is 1.93 bits per heavy atom. The zero-order valence-electron chi connectivity index (χ0n) is 15.9. The Bertz CT molecular complexity index is 991. The van der Waals surface area contributed by atoms with E-state index in [0.717, 1.165) is 18.7 Å². The number of hydrogen-bond donors (Lipinski definition) is 1. The van der Waals surface area contributed by atoms with Gasteiger partial charge in [-0.15, -0.1) is 10.2 Å². The highest BCUT2D eigenvalue weighted by molar-refractivity contribution is 7.99. The molecule has 150 valence electrons. The summed E-state index contributed by atoms with van der Waals surface area (Å²) in [6.07, 6.45) is 1.64. The van der Waals surface area contributed by atoms with Crippen LogP contribution in [0.15, 0.2) is 59.8 Å². The Kier molecular flexibility index (Phi) is 6.96. The van der Waals surface area contributed by atoms with Crippen molar-refractivity contribution in [1.82, 2.24) is 14.8 Å². The van der Waals surface area contributed by atoms with E-state index in [0.29, 0.717) is 17.4 Å². The van der Waals surface area contributed by atoms with Crippen molar-refractivity contribution in [2.75, 3.05) is 11.1 Å². The van der Waals surface area contributed by atoms with Crippen LogP contribution >= 0.6 is 11.8 Å². The Balaban J connectivity index is 1.57. The highest BCUT2D eigenvalue weighted by atomic mass is 32.2. The fourth-order valence-electron chi connectivity index (χ4n) is 2.85. The lowest BCUT2D eigenvalue weighted by molar-refractivity contribution is -0.384. The predicted octanol–water partition coefficient (Wildman–Crippen LogP) is 3.72. The molecule has 1 N–H and O–H groups in total. The average Bonchev–Trinajstić information content (AvgIpc) is 3.13. The van der Waals surface area contributed by atoms with Crippen LogP contribution < -0.4 is 5.32 Å². The molecule has 1 heterocycles. The van der Waals surface area contributed by atoms with Gasteiger partial charge in [0.05, 0.1) is 10.7 Å². The molecule has 8 nitrogen and oxygen atoms in total. The van der Waals surface area contributed by atoms with Crippen molar-refractivity contribution in [3.8, 4) is 0 Å². The summed E-state index contributed by atoms with van der Waals surface area (Å²) < 4.78 is 2.01. The number of amides is 1. The molecule has 0 aliphatic rings. The van der Waals surface area contributed by atoms with Crippen LogP contribution in [0.25, 0.3) is 0 Å². The lowest BCUT2D eigenvalue weighted by Gasteiger charge is -2.08. The zero-order chi connectivity index (χ0) is 20.6. The quantitative estimate of drug-likeness (QED) is 0.327. The second kappa shape index (κ2) is 9.83. The SMILES string of the molecule is CCn1c(CCc2ccccc2)nnc1SCC(=O)Nc1cccc([N+](=O)[O-])c1. The van der Waals surface area contributed by atoms with E-state index in [9.17, 15) is 14.9 Å². The molecule has 0 radical (unpaired) electrons. The van der Waals surface area contributed by atoms with E-state index in [1.807, 2.05) is 29.7 Å². The van der Waals surface area contributed by atoms with Gasteiger partial charge in [0.2, 0.25) is 5.91 Å². The number of thioether (sulfide) groups is 1. The van der Waals surface area contributed by atoms with E-state index in [1.54, 1.807) is 6.07 Å². The molecule has 0 fully saturated rings. The first kappa shape index (κ1) is 20.5. The van der Waals surface area contributed by atoms with Crippen molar-refractivity contribution in [2.24, 2.45) is 0 Å². The number of carbonyl (C=O) groups excluding carboxylic acids is 1. The Morgan fingerprint density at radius 3 is 2.66 bits per heavy atom. The number of carbonyl (C=O) groups is 1. The molecule has 29 heavy (non-hydrogen) atoms. The van der Waals surface area contributed by atoms with Gasteiger partial charge in [-0.3, -0.25) is 14.9 Å². The second-order valence-electron chi connectivity index (χ2n) is 6.27. The molecule has 0 spiro atoms. The van der Waals surface area contributed by atoms with Gasteiger partial charge in [-0.2, -0.15) is 0 Å². The fourth-order valence-corrected chi connectivity index (χ4v) is 3.67. The summed E-state index contributed by atoms with van der Waals surface area (Å²) in [5.41, 5.74) is 1.57. The van der Waals surface area contributed by atoms with Crippen molar-refractivity contribution >= 4 is 29.0 Å². The van der Waals surface area contributed by atoms with Crippen LogP contribution in [0.3, 0.4) is 0 Å². The monoisotopic (exact) mass is 411 g/mol. The predicted molar refractivity (Wildman–Crippen MR) is 112 cm³/mol. The topological polar surface area (TPSA) is 103 Å². The number of aryl methyl sites for hydroxylation is 2. The minimum absolute atomic E-state index is 0.0655. The molecule has 3 aromatic rings. The first-order valence-electron chi connectivity index (χ1n) is 9.20. The van der Waals surface area contributed by atoms with E-state index < -0.39 is 4.92 Å². The van der Waals surface area contributed by atoms with Gasteiger partial charge in [0, 0.05) is 30.8 Å². The van der Waals surface area contributed by atoms with Crippen LogP contribution in [0.5, 0.6) is 0 Å². The zero-order valence-corrected chi connectivity index (χ0v) is 16.8. The van der Waals surface area contributed by atoms with Gasteiger partial charge in [-0.1, -0.05) is 48.2 Å². The summed E-state index contributed by atoms with van der Waals surface area (Å²) in [4.78, 5) is 22.6. The first-order chi connectivity index (χ1) is 14.1. The molecule has 2 aromatic carbocycles. The van der Waals surface area contributed by atoms with E-state index in [1.165, 1.54) is 35.5 Å². The smallest absolute Gasteiger partial charge is 0.271 e. The summed E-state index contributed by atoms with van der Waals surface area (Å²) in [6.45, 7) is 2.73. The molecule has 0 atom stereocenters. The van der Waals surface area contributed by atoms with E-state index >= 15 is 0 Å². The third-order valence-electron chi connectivity index (χ3n) is 4.26. The number of aromatic nitrogens is 3. The Morgan fingerprint density at radius 1 is 1.14 bits per heavy atom. The van der Waals surface area contributed by atoms with Crippen LogP contribution in [-0.2, 0) is 24.2 Å². The van der Waals surface area contributed by atoms with Crippen LogP contribution in [-0.4, -0.2) is 31.3 Å². The van der Waals surface area contributed by atoms with E-state index in [4.69, 9.17) is 0 Å². The molecule has 3 rings (SSSR count). The summed E-state index contributed by atoms with van der Waals surface area (Å²) in [6, 6.07) is 16.1. The van der Waals surface area contributed by atoms with Crippen LogP contribution in [0.1, 0.15) is 18.3 Å². The molecule has 0 aliphatic heterocycles. The second-order valence-corrected chi connectivity index (χ2v) is 7.22. The van der Waals surface area contributed by atoms with Gasteiger partial charge in [0.25, 0.3) is 5.69 Å². The van der Waals surface area contributed by atoms with E-state index in [2.05, 4.69) is 27.6 Å². The summed E-state index contributed by atoms with van der Waals surface area (Å²) in [7, 11) is 0. The number of nitrogens with zero attached hydrogens (tertiary/aromatic N) is 4. The third kappa shape index (κ3) is 5.64. The maximum Gasteiger partial charge on any atom is 0.271 e. The number of benzene rings is 2.